The minimum Gasteiger partial charge on any atom is -0.397 e. The van der Waals surface area contributed by atoms with Crippen LogP contribution < -0.4 is 10.6 Å². The van der Waals surface area contributed by atoms with Crippen molar-refractivity contribution < 1.29 is 0 Å². The quantitative estimate of drug-likeness (QED) is 0.714. The third kappa shape index (κ3) is 2.42. The molecule has 0 aliphatic rings. The summed E-state index contributed by atoms with van der Waals surface area (Å²) in [6.07, 6.45) is 3.62. The molecule has 106 valence electrons. The van der Waals surface area contributed by atoms with Crippen LogP contribution in [0.15, 0.2) is 48.8 Å². The molecule has 0 fully saturated rings. The lowest BCUT2D eigenvalue weighted by atomic mass is 10.1. The van der Waals surface area contributed by atoms with Gasteiger partial charge in [0.1, 0.15) is 0 Å². The smallest absolute Gasteiger partial charge is 0.0648 e. The SMILES string of the molecule is Cc1cc(C)cc(N(C)c2ccc3cnccc3c2N)c1. The Balaban J connectivity index is 2.13. The van der Waals surface area contributed by atoms with Crippen LogP contribution in [0.3, 0.4) is 0 Å². The molecule has 0 bridgehead atoms. The Morgan fingerprint density at radius 3 is 2.43 bits per heavy atom. The molecule has 0 aliphatic heterocycles. The second kappa shape index (κ2) is 5.09. The van der Waals surface area contributed by atoms with Crippen LogP contribution >= 0.6 is 0 Å². The lowest BCUT2D eigenvalue weighted by molar-refractivity contribution is 1.20. The first-order chi connectivity index (χ1) is 10.1. The van der Waals surface area contributed by atoms with Gasteiger partial charge in [0.15, 0.2) is 0 Å². The normalized spacial score (nSPS) is 10.8. The van der Waals surface area contributed by atoms with Gasteiger partial charge in [-0.2, -0.15) is 0 Å². The second-order valence-electron chi connectivity index (χ2n) is 5.50. The summed E-state index contributed by atoms with van der Waals surface area (Å²) in [5.41, 5.74) is 11.8. The van der Waals surface area contributed by atoms with E-state index in [0.29, 0.717) is 0 Å². The summed E-state index contributed by atoms with van der Waals surface area (Å²) in [7, 11) is 2.05. The zero-order valence-electron chi connectivity index (χ0n) is 12.6. The Hall–Kier alpha value is -2.55. The minimum absolute atomic E-state index is 0.788. The zero-order valence-corrected chi connectivity index (χ0v) is 12.6. The van der Waals surface area contributed by atoms with Gasteiger partial charge < -0.3 is 10.6 Å². The highest BCUT2D eigenvalue weighted by molar-refractivity contribution is 5.99. The molecule has 0 saturated heterocycles. The summed E-state index contributed by atoms with van der Waals surface area (Å²) in [6.45, 7) is 4.22. The molecule has 3 nitrogen and oxygen atoms in total. The van der Waals surface area contributed by atoms with Crippen molar-refractivity contribution in [2.45, 2.75) is 13.8 Å². The van der Waals surface area contributed by atoms with E-state index < -0.39 is 0 Å². The van der Waals surface area contributed by atoms with Gasteiger partial charge in [0.25, 0.3) is 0 Å². The number of nitrogens with two attached hydrogens (primary N) is 1. The lowest BCUT2D eigenvalue weighted by Gasteiger charge is -2.23. The van der Waals surface area contributed by atoms with Crippen molar-refractivity contribution in [1.82, 2.24) is 4.98 Å². The van der Waals surface area contributed by atoms with E-state index >= 15 is 0 Å². The first kappa shape index (κ1) is 13.4. The lowest BCUT2D eigenvalue weighted by Crippen LogP contribution is -2.12. The molecule has 1 aromatic heterocycles. The van der Waals surface area contributed by atoms with Crippen LogP contribution in [0.25, 0.3) is 10.8 Å². The number of aromatic nitrogens is 1. The van der Waals surface area contributed by atoms with E-state index in [4.69, 9.17) is 5.73 Å². The van der Waals surface area contributed by atoms with Crippen molar-refractivity contribution in [3.05, 3.63) is 59.9 Å². The molecule has 0 saturated carbocycles. The number of anilines is 3. The molecule has 0 unspecified atom stereocenters. The highest BCUT2D eigenvalue weighted by atomic mass is 15.1. The molecule has 2 N–H and O–H groups in total. The predicted octanol–water partition coefficient (Wildman–Crippen LogP) is 4.20. The Labute approximate surface area is 125 Å². The van der Waals surface area contributed by atoms with Gasteiger partial charge in [0.2, 0.25) is 0 Å². The Morgan fingerprint density at radius 2 is 1.71 bits per heavy atom. The number of hydrogen-bond acceptors (Lipinski definition) is 3. The van der Waals surface area contributed by atoms with E-state index in [1.165, 1.54) is 11.1 Å². The van der Waals surface area contributed by atoms with E-state index in [1.807, 2.05) is 19.3 Å². The summed E-state index contributed by atoms with van der Waals surface area (Å²) in [4.78, 5) is 6.27. The molecular formula is C18H19N3. The van der Waals surface area contributed by atoms with Crippen molar-refractivity contribution in [1.29, 1.82) is 0 Å². The van der Waals surface area contributed by atoms with Crippen molar-refractivity contribution >= 4 is 27.8 Å². The number of benzene rings is 2. The standard InChI is InChI=1S/C18H19N3/c1-12-8-13(2)10-15(9-12)21(3)17-5-4-14-11-20-7-6-16(14)18(17)19/h4-11H,19H2,1-3H3. The fourth-order valence-electron chi connectivity index (χ4n) is 2.76. The van der Waals surface area contributed by atoms with Gasteiger partial charge in [0.05, 0.1) is 11.4 Å². The van der Waals surface area contributed by atoms with Gasteiger partial charge in [-0.15, -0.1) is 0 Å². The van der Waals surface area contributed by atoms with E-state index in [0.717, 1.165) is 27.8 Å². The molecule has 0 atom stereocenters. The molecule has 3 rings (SSSR count). The van der Waals surface area contributed by atoms with Crippen molar-refractivity contribution in [3.8, 4) is 0 Å². The average molecular weight is 277 g/mol. The van der Waals surface area contributed by atoms with Crippen LogP contribution in [-0.2, 0) is 0 Å². The highest BCUT2D eigenvalue weighted by Crippen LogP contribution is 2.34. The summed E-state index contributed by atoms with van der Waals surface area (Å²) in [5, 5.41) is 2.10. The molecule has 3 aromatic rings. The molecule has 0 amide bonds. The van der Waals surface area contributed by atoms with Gasteiger partial charge >= 0.3 is 0 Å². The van der Waals surface area contributed by atoms with Crippen LogP contribution in [0.2, 0.25) is 0 Å². The number of nitrogen functional groups attached to an aromatic ring is 1. The van der Waals surface area contributed by atoms with Crippen LogP contribution in [0.1, 0.15) is 11.1 Å². The molecule has 3 heteroatoms. The number of nitrogens with zero attached hydrogens (tertiary/aromatic N) is 2. The van der Waals surface area contributed by atoms with Crippen LogP contribution in [0.5, 0.6) is 0 Å². The van der Waals surface area contributed by atoms with Crippen LogP contribution in [-0.4, -0.2) is 12.0 Å². The monoisotopic (exact) mass is 277 g/mol. The summed E-state index contributed by atoms with van der Waals surface area (Å²) < 4.78 is 0. The maximum absolute atomic E-state index is 6.36. The molecule has 0 radical (unpaired) electrons. The number of aryl methyl sites for hydroxylation is 2. The van der Waals surface area contributed by atoms with E-state index in [9.17, 15) is 0 Å². The fourth-order valence-corrected chi connectivity index (χ4v) is 2.76. The maximum atomic E-state index is 6.36. The predicted molar refractivity (Wildman–Crippen MR) is 90.1 cm³/mol. The number of pyridine rings is 1. The van der Waals surface area contributed by atoms with E-state index in [-0.39, 0.29) is 0 Å². The van der Waals surface area contributed by atoms with Crippen molar-refractivity contribution in [2.24, 2.45) is 0 Å². The zero-order chi connectivity index (χ0) is 15.0. The third-order valence-corrected chi connectivity index (χ3v) is 3.79. The maximum Gasteiger partial charge on any atom is 0.0648 e. The molecule has 2 aromatic carbocycles. The third-order valence-electron chi connectivity index (χ3n) is 3.79. The molecule has 0 aliphatic carbocycles. The van der Waals surface area contributed by atoms with Gasteiger partial charge in [-0.25, -0.2) is 0 Å². The molecule has 1 heterocycles. The summed E-state index contributed by atoms with van der Waals surface area (Å²) >= 11 is 0. The number of rotatable bonds is 2. The minimum atomic E-state index is 0.788. The second-order valence-corrected chi connectivity index (χ2v) is 5.50. The van der Waals surface area contributed by atoms with Crippen molar-refractivity contribution in [3.63, 3.8) is 0 Å². The van der Waals surface area contributed by atoms with Crippen LogP contribution in [0.4, 0.5) is 17.1 Å². The first-order valence-electron chi connectivity index (χ1n) is 7.00. The van der Waals surface area contributed by atoms with E-state index in [1.54, 1.807) is 6.20 Å². The van der Waals surface area contributed by atoms with Crippen LogP contribution in [0, 0.1) is 13.8 Å². The van der Waals surface area contributed by atoms with Gasteiger partial charge in [0, 0.05) is 35.9 Å². The largest absolute Gasteiger partial charge is 0.397 e. The fraction of sp³-hybridized carbons (Fsp3) is 0.167. The Morgan fingerprint density at radius 1 is 1.00 bits per heavy atom. The number of fused-ring (bicyclic) bond motifs is 1. The van der Waals surface area contributed by atoms with Gasteiger partial charge in [-0.3, -0.25) is 4.98 Å². The molecular weight excluding hydrogens is 258 g/mol. The Bertz CT molecular complexity index is 788. The van der Waals surface area contributed by atoms with Gasteiger partial charge in [-0.1, -0.05) is 12.1 Å². The van der Waals surface area contributed by atoms with Gasteiger partial charge in [-0.05, 0) is 49.2 Å². The summed E-state index contributed by atoms with van der Waals surface area (Å²) in [5.74, 6) is 0. The van der Waals surface area contributed by atoms with Crippen molar-refractivity contribution in [2.75, 3.05) is 17.7 Å². The molecule has 0 spiro atoms. The van der Waals surface area contributed by atoms with E-state index in [2.05, 4.69) is 54.1 Å². The topological polar surface area (TPSA) is 42.2 Å². The molecule has 21 heavy (non-hydrogen) atoms. The Kier molecular flexibility index (Phi) is 3.26. The highest BCUT2D eigenvalue weighted by Gasteiger charge is 2.11. The summed E-state index contributed by atoms with van der Waals surface area (Å²) in [6, 6.07) is 12.6. The first-order valence-corrected chi connectivity index (χ1v) is 7.00. The average Bonchev–Trinajstić information content (AvgIpc) is 2.46. The number of hydrogen-bond donors (Lipinski definition) is 1.